The molecule has 1 fully saturated rings. The first kappa shape index (κ1) is 15.9. The number of carbonyl (C=O) groups is 1. The quantitative estimate of drug-likeness (QED) is 0.848. The lowest BCUT2D eigenvalue weighted by Gasteiger charge is -2.32. The summed E-state index contributed by atoms with van der Waals surface area (Å²) in [5.41, 5.74) is 0.868. The van der Waals surface area contributed by atoms with Crippen LogP contribution in [0.25, 0.3) is 0 Å². The highest BCUT2D eigenvalue weighted by atomic mass is 16.7. The maximum Gasteiger partial charge on any atom is 0.494 e. The van der Waals surface area contributed by atoms with E-state index in [1.165, 1.54) is 4.90 Å². The summed E-state index contributed by atoms with van der Waals surface area (Å²) < 4.78 is 12.0. The third kappa shape index (κ3) is 3.22. The number of nitrogens with zero attached hydrogens (tertiary/aromatic N) is 1. The zero-order valence-electron chi connectivity index (χ0n) is 13.6. The molecule has 0 radical (unpaired) electrons. The number of hydrogen-bond acceptors (Lipinski definition) is 3. The van der Waals surface area contributed by atoms with Crippen LogP contribution in [0.5, 0.6) is 0 Å². The second-order valence-electron chi connectivity index (χ2n) is 6.54. The Kier molecular flexibility index (Phi) is 4.04. The van der Waals surface area contributed by atoms with Gasteiger partial charge in [0, 0.05) is 19.8 Å². The van der Waals surface area contributed by atoms with Crippen LogP contribution in [0, 0.1) is 0 Å². The molecular formula is C15H23BN2O3. The Hall–Kier alpha value is -1.53. The molecule has 5 nitrogen and oxygen atoms in total. The predicted molar refractivity (Wildman–Crippen MR) is 84.9 cm³/mol. The first-order valence-corrected chi connectivity index (χ1v) is 7.06. The average Bonchev–Trinajstić information content (AvgIpc) is 2.58. The number of nitrogens with one attached hydrogen (secondary N) is 1. The molecule has 1 saturated heterocycles. The molecule has 6 heteroatoms. The van der Waals surface area contributed by atoms with Gasteiger partial charge in [-0.25, -0.2) is 4.79 Å². The first-order chi connectivity index (χ1) is 9.62. The first-order valence-electron chi connectivity index (χ1n) is 7.06. The van der Waals surface area contributed by atoms with Crippen molar-refractivity contribution in [3.8, 4) is 0 Å². The second-order valence-corrected chi connectivity index (χ2v) is 6.54. The van der Waals surface area contributed by atoms with E-state index in [0.29, 0.717) is 0 Å². The predicted octanol–water partition coefficient (Wildman–Crippen LogP) is 2.08. The van der Waals surface area contributed by atoms with Gasteiger partial charge in [-0.15, -0.1) is 0 Å². The van der Waals surface area contributed by atoms with E-state index in [2.05, 4.69) is 5.32 Å². The zero-order chi connectivity index (χ0) is 15.8. The molecule has 1 aromatic rings. The van der Waals surface area contributed by atoms with Crippen LogP contribution in [0.1, 0.15) is 27.7 Å². The minimum Gasteiger partial charge on any atom is -0.399 e. The maximum atomic E-state index is 11.7. The molecule has 0 unspecified atom stereocenters. The fraction of sp³-hybridized carbons (Fsp3) is 0.533. The Morgan fingerprint density at radius 1 is 1.14 bits per heavy atom. The van der Waals surface area contributed by atoms with Crippen molar-refractivity contribution in [2.75, 3.05) is 19.4 Å². The highest BCUT2D eigenvalue weighted by Gasteiger charge is 2.51. The molecule has 0 saturated carbocycles. The monoisotopic (exact) mass is 290 g/mol. The summed E-state index contributed by atoms with van der Waals surface area (Å²) >= 11 is 0. The van der Waals surface area contributed by atoms with Gasteiger partial charge in [0.2, 0.25) is 0 Å². The molecule has 2 amide bonds. The van der Waals surface area contributed by atoms with Gasteiger partial charge < -0.3 is 19.5 Å². The Labute approximate surface area is 126 Å². The Balaban J connectivity index is 2.18. The van der Waals surface area contributed by atoms with Crippen LogP contribution in [0.3, 0.4) is 0 Å². The van der Waals surface area contributed by atoms with E-state index in [1.54, 1.807) is 14.1 Å². The van der Waals surface area contributed by atoms with Crippen LogP contribution < -0.4 is 10.8 Å². The lowest BCUT2D eigenvalue weighted by Crippen LogP contribution is -2.41. The normalized spacial score (nSPS) is 19.4. The molecule has 2 rings (SSSR count). The number of anilines is 1. The van der Waals surface area contributed by atoms with Crippen molar-refractivity contribution in [2.24, 2.45) is 0 Å². The Morgan fingerprint density at radius 2 is 1.71 bits per heavy atom. The molecule has 1 heterocycles. The zero-order valence-corrected chi connectivity index (χ0v) is 13.6. The Morgan fingerprint density at radius 3 is 2.24 bits per heavy atom. The highest BCUT2D eigenvalue weighted by Crippen LogP contribution is 2.36. The van der Waals surface area contributed by atoms with Crippen LogP contribution in [-0.4, -0.2) is 43.3 Å². The van der Waals surface area contributed by atoms with E-state index in [-0.39, 0.29) is 17.2 Å². The summed E-state index contributed by atoms with van der Waals surface area (Å²) in [6.45, 7) is 8.07. The largest absolute Gasteiger partial charge is 0.494 e. The summed E-state index contributed by atoms with van der Waals surface area (Å²) in [5, 5.41) is 2.82. The SMILES string of the molecule is CN(C)C(=O)Nc1cccc(B2OC(C)(C)C(C)(C)O2)c1. The van der Waals surface area contributed by atoms with Gasteiger partial charge in [-0.1, -0.05) is 12.1 Å². The molecule has 0 atom stereocenters. The third-order valence-corrected chi connectivity index (χ3v) is 4.07. The second kappa shape index (κ2) is 5.35. The van der Waals surface area contributed by atoms with Crippen molar-refractivity contribution in [3.05, 3.63) is 24.3 Å². The molecule has 1 aliphatic rings. The molecule has 114 valence electrons. The smallest absolute Gasteiger partial charge is 0.399 e. The van der Waals surface area contributed by atoms with Gasteiger partial charge in [0.15, 0.2) is 0 Å². The van der Waals surface area contributed by atoms with Gasteiger partial charge in [-0.3, -0.25) is 0 Å². The molecule has 1 N–H and O–H groups in total. The van der Waals surface area contributed by atoms with Crippen LogP contribution >= 0.6 is 0 Å². The van der Waals surface area contributed by atoms with Crippen LogP contribution in [0.4, 0.5) is 10.5 Å². The number of benzene rings is 1. The minimum atomic E-state index is -0.425. The van der Waals surface area contributed by atoms with Crippen molar-refractivity contribution >= 4 is 24.3 Å². The average molecular weight is 290 g/mol. The Bertz CT molecular complexity index is 527. The van der Waals surface area contributed by atoms with E-state index in [4.69, 9.17) is 9.31 Å². The molecule has 21 heavy (non-hydrogen) atoms. The van der Waals surface area contributed by atoms with Gasteiger partial charge in [0.05, 0.1) is 11.2 Å². The molecular weight excluding hydrogens is 267 g/mol. The van der Waals surface area contributed by atoms with E-state index in [9.17, 15) is 4.79 Å². The van der Waals surface area contributed by atoms with E-state index < -0.39 is 7.12 Å². The van der Waals surface area contributed by atoms with Gasteiger partial charge in [-0.05, 0) is 45.3 Å². The van der Waals surface area contributed by atoms with Gasteiger partial charge >= 0.3 is 13.1 Å². The van der Waals surface area contributed by atoms with Crippen LogP contribution in [0.2, 0.25) is 0 Å². The number of rotatable bonds is 2. The van der Waals surface area contributed by atoms with Crippen molar-refractivity contribution in [2.45, 2.75) is 38.9 Å². The topological polar surface area (TPSA) is 50.8 Å². The van der Waals surface area contributed by atoms with Crippen LogP contribution in [-0.2, 0) is 9.31 Å². The summed E-state index contributed by atoms with van der Waals surface area (Å²) in [6, 6.07) is 7.37. The molecule has 0 aliphatic carbocycles. The summed E-state index contributed by atoms with van der Waals surface area (Å²) in [6.07, 6.45) is 0. The molecule has 1 aliphatic heterocycles. The molecule has 1 aromatic carbocycles. The molecule has 0 spiro atoms. The standard InChI is InChI=1S/C15H23BN2O3/c1-14(2)15(3,4)21-16(20-14)11-8-7-9-12(10-11)17-13(19)18(5)6/h7-10H,1-6H3,(H,17,19). The van der Waals surface area contributed by atoms with E-state index in [1.807, 2.05) is 52.0 Å². The lowest BCUT2D eigenvalue weighted by atomic mass is 9.79. The molecule has 0 aromatic heterocycles. The summed E-state index contributed by atoms with van der Waals surface area (Å²) in [4.78, 5) is 13.2. The molecule has 0 bridgehead atoms. The highest BCUT2D eigenvalue weighted by molar-refractivity contribution is 6.62. The number of hydrogen-bond donors (Lipinski definition) is 1. The van der Waals surface area contributed by atoms with E-state index >= 15 is 0 Å². The lowest BCUT2D eigenvalue weighted by molar-refractivity contribution is 0.00578. The van der Waals surface area contributed by atoms with Gasteiger partial charge in [0.1, 0.15) is 0 Å². The van der Waals surface area contributed by atoms with Crippen molar-refractivity contribution < 1.29 is 14.1 Å². The number of amides is 2. The van der Waals surface area contributed by atoms with Gasteiger partial charge in [-0.2, -0.15) is 0 Å². The number of carbonyl (C=O) groups excluding carboxylic acids is 1. The minimum absolute atomic E-state index is 0.166. The van der Waals surface area contributed by atoms with Gasteiger partial charge in [0.25, 0.3) is 0 Å². The third-order valence-electron chi connectivity index (χ3n) is 4.07. The summed E-state index contributed by atoms with van der Waals surface area (Å²) in [5.74, 6) is 0. The fourth-order valence-corrected chi connectivity index (χ4v) is 1.98. The van der Waals surface area contributed by atoms with Crippen LogP contribution in [0.15, 0.2) is 24.3 Å². The van der Waals surface area contributed by atoms with Crippen molar-refractivity contribution in [1.29, 1.82) is 0 Å². The summed E-state index contributed by atoms with van der Waals surface area (Å²) in [7, 11) is 2.98. The van der Waals surface area contributed by atoms with Crippen molar-refractivity contribution in [3.63, 3.8) is 0 Å². The number of urea groups is 1. The van der Waals surface area contributed by atoms with Crippen molar-refractivity contribution in [1.82, 2.24) is 4.90 Å². The van der Waals surface area contributed by atoms with E-state index in [0.717, 1.165) is 11.2 Å². The fourth-order valence-electron chi connectivity index (χ4n) is 1.98. The maximum absolute atomic E-state index is 11.7.